The highest BCUT2D eigenvalue weighted by Gasteiger charge is 2.09. The van der Waals surface area contributed by atoms with Crippen molar-refractivity contribution in [1.82, 2.24) is 25.0 Å². The van der Waals surface area contributed by atoms with Crippen LogP contribution in [0.4, 0.5) is 4.39 Å². The van der Waals surface area contributed by atoms with Crippen LogP contribution in [-0.4, -0.2) is 25.0 Å². The van der Waals surface area contributed by atoms with Gasteiger partial charge in [-0.2, -0.15) is 4.52 Å². The largest absolute Gasteiger partial charge is 0.250 e. The van der Waals surface area contributed by atoms with Crippen LogP contribution < -0.4 is 0 Å². The molecule has 0 unspecified atom stereocenters. The fourth-order valence-corrected chi connectivity index (χ4v) is 1.79. The lowest BCUT2D eigenvalue weighted by atomic mass is 10.1. The quantitative estimate of drug-likeness (QED) is 0.617. The van der Waals surface area contributed by atoms with Crippen molar-refractivity contribution in [2.24, 2.45) is 0 Å². The van der Waals surface area contributed by atoms with Gasteiger partial charge in [-0.15, -0.1) is 5.10 Å². The summed E-state index contributed by atoms with van der Waals surface area (Å²) < 4.78 is 14.9. The van der Waals surface area contributed by atoms with E-state index in [9.17, 15) is 4.39 Å². The Morgan fingerprint density at radius 1 is 1.38 bits per heavy atom. The number of hydrogen-bond acceptors (Lipinski definition) is 4. The molecule has 0 N–H and O–H groups in total. The normalized spacial score (nSPS) is 11.4. The van der Waals surface area contributed by atoms with Gasteiger partial charge in [0.25, 0.3) is 0 Å². The van der Waals surface area contributed by atoms with Crippen LogP contribution in [0.5, 0.6) is 0 Å². The highest BCUT2D eigenvalue weighted by atomic mass is 19.1. The van der Waals surface area contributed by atoms with Gasteiger partial charge in [0.05, 0.1) is 17.2 Å². The molecule has 0 fully saturated rings. The van der Waals surface area contributed by atoms with Crippen molar-refractivity contribution in [2.45, 2.75) is 13.3 Å². The zero-order chi connectivity index (χ0) is 11.1. The first-order chi connectivity index (χ1) is 7.79. The van der Waals surface area contributed by atoms with E-state index in [1.165, 1.54) is 16.6 Å². The van der Waals surface area contributed by atoms with E-state index in [2.05, 4.69) is 20.5 Å². The van der Waals surface area contributed by atoms with Crippen molar-refractivity contribution in [2.75, 3.05) is 0 Å². The molecule has 0 aliphatic heterocycles. The molecule has 0 spiro atoms. The van der Waals surface area contributed by atoms with Crippen LogP contribution >= 0.6 is 0 Å². The molecule has 0 amide bonds. The van der Waals surface area contributed by atoms with E-state index in [0.717, 1.165) is 17.5 Å². The summed E-state index contributed by atoms with van der Waals surface area (Å²) in [6.45, 7) is 1.96. The van der Waals surface area contributed by atoms with E-state index in [1.807, 2.05) is 6.92 Å². The second-order valence-corrected chi connectivity index (χ2v) is 3.49. The van der Waals surface area contributed by atoms with Gasteiger partial charge in [-0.25, -0.2) is 4.39 Å². The summed E-state index contributed by atoms with van der Waals surface area (Å²) >= 11 is 0. The van der Waals surface area contributed by atoms with Crippen molar-refractivity contribution in [3.05, 3.63) is 29.7 Å². The molecule has 3 rings (SSSR count). The van der Waals surface area contributed by atoms with Crippen LogP contribution in [0.1, 0.15) is 12.5 Å². The number of halogens is 1. The SMILES string of the molecule is CCc1cc(F)cc2c1ncc1nnnn12. The summed E-state index contributed by atoms with van der Waals surface area (Å²) in [5.74, 6) is -0.297. The number of aryl methyl sites for hydroxylation is 1. The second-order valence-electron chi connectivity index (χ2n) is 3.49. The first-order valence-electron chi connectivity index (χ1n) is 4.95. The predicted octanol–water partition coefficient (Wildman–Crippen LogP) is 1.37. The molecule has 5 nitrogen and oxygen atoms in total. The summed E-state index contributed by atoms with van der Waals surface area (Å²) in [5, 5.41) is 11.1. The Morgan fingerprint density at radius 2 is 2.25 bits per heavy atom. The smallest absolute Gasteiger partial charge is 0.198 e. The Kier molecular flexibility index (Phi) is 1.82. The molecule has 1 aromatic carbocycles. The van der Waals surface area contributed by atoms with Gasteiger partial charge in [-0.1, -0.05) is 6.92 Å². The summed E-state index contributed by atoms with van der Waals surface area (Å²) in [5.41, 5.74) is 2.70. The first-order valence-corrected chi connectivity index (χ1v) is 4.95. The first kappa shape index (κ1) is 9.14. The van der Waals surface area contributed by atoms with E-state index < -0.39 is 0 Å². The molecular weight excluding hydrogens is 209 g/mol. The minimum Gasteiger partial charge on any atom is -0.250 e. The average molecular weight is 217 g/mol. The van der Waals surface area contributed by atoms with Gasteiger partial charge in [0.15, 0.2) is 5.65 Å². The molecule has 2 aromatic heterocycles. The van der Waals surface area contributed by atoms with Crippen LogP contribution in [0.3, 0.4) is 0 Å². The Hall–Kier alpha value is -2.11. The van der Waals surface area contributed by atoms with Gasteiger partial charge in [-0.3, -0.25) is 4.98 Å². The maximum atomic E-state index is 13.4. The molecule has 0 aliphatic rings. The molecule has 0 bridgehead atoms. The summed E-state index contributed by atoms with van der Waals surface area (Å²) in [6.07, 6.45) is 2.30. The fraction of sp³-hybridized carbons (Fsp3) is 0.200. The minimum absolute atomic E-state index is 0.297. The number of nitrogens with zero attached hydrogens (tertiary/aromatic N) is 5. The molecule has 3 aromatic rings. The predicted molar refractivity (Wildman–Crippen MR) is 55.4 cm³/mol. The number of rotatable bonds is 1. The van der Waals surface area contributed by atoms with Gasteiger partial charge in [0.2, 0.25) is 0 Å². The summed E-state index contributed by atoms with van der Waals surface area (Å²) in [4.78, 5) is 4.26. The Morgan fingerprint density at radius 3 is 3.06 bits per heavy atom. The Balaban J connectivity index is 2.54. The number of hydrogen-bond donors (Lipinski definition) is 0. The molecule has 0 atom stereocenters. The highest BCUT2D eigenvalue weighted by Crippen LogP contribution is 2.19. The Labute approximate surface area is 89.9 Å². The molecule has 16 heavy (non-hydrogen) atoms. The average Bonchev–Trinajstić information content (AvgIpc) is 2.76. The highest BCUT2D eigenvalue weighted by molar-refractivity contribution is 5.80. The molecule has 80 valence electrons. The topological polar surface area (TPSA) is 56.0 Å². The third-order valence-electron chi connectivity index (χ3n) is 2.55. The summed E-state index contributed by atoms with van der Waals surface area (Å²) in [7, 11) is 0. The molecular formula is C10H8FN5. The molecule has 0 saturated carbocycles. The van der Waals surface area contributed by atoms with Crippen LogP contribution in [0.25, 0.3) is 16.7 Å². The monoisotopic (exact) mass is 217 g/mol. The van der Waals surface area contributed by atoms with Crippen molar-refractivity contribution >= 4 is 16.7 Å². The lowest BCUT2D eigenvalue weighted by Gasteiger charge is -2.04. The van der Waals surface area contributed by atoms with E-state index in [0.29, 0.717) is 11.2 Å². The lowest BCUT2D eigenvalue weighted by Crippen LogP contribution is -1.97. The van der Waals surface area contributed by atoms with Gasteiger partial charge in [-0.05, 0) is 28.5 Å². The minimum atomic E-state index is -0.297. The van der Waals surface area contributed by atoms with Gasteiger partial charge < -0.3 is 0 Å². The maximum Gasteiger partial charge on any atom is 0.198 e. The fourth-order valence-electron chi connectivity index (χ4n) is 1.79. The van der Waals surface area contributed by atoms with E-state index in [1.54, 1.807) is 6.20 Å². The van der Waals surface area contributed by atoms with Gasteiger partial charge in [0.1, 0.15) is 5.82 Å². The van der Waals surface area contributed by atoms with Gasteiger partial charge in [0, 0.05) is 6.07 Å². The number of aromatic nitrogens is 5. The number of tetrazole rings is 1. The van der Waals surface area contributed by atoms with Gasteiger partial charge >= 0.3 is 0 Å². The van der Waals surface area contributed by atoms with Crippen LogP contribution in [0.15, 0.2) is 18.3 Å². The molecule has 0 aliphatic carbocycles. The van der Waals surface area contributed by atoms with Crippen molar-refractivity contribution in [3.8, 4) is 0 Å². The zero-order valence-electron chi connectivity index (χ0n) is 8.55. The Bertz CT molecular complexity index is 675. The zero-order valence-corrected chi connectivity index (χ0v) is 8.55. The van der Waals surface area contributed by atoms with Crippen molar-refractivity contribution in [1.29, 1.82) is 0 Å². The third kappa shape index (κ3) is 1.16. The van der Waals surface area contributed by atoms with E-state index in [4.69, 9.17) is 0 Å². The molecule has 2 heterocycles. The van der Waals surface area contributed by atoms with Crippen LogP contribution in [0, 0.1) is 5.82 Å². The van der Waals surface area contributed by atoms with E-state index in [-0.39, 0.29) is 5.82 Å². The van der Waals surface area contributed by atoms with Crippen LogP contribution in [-0.2, 0) is 6.42 Å². The number of benzene rings is 1. The molecule has 6 heteroatoms. The summed E-state index contributed by atoms with van der Waals surface area (Å²) in [6, 6.07) is 2.89. The van der Waals surface area contributed by atoms with Crippen molar-refractivity contribution < 1.29 is 4.39 Å². The van der Waals surface area contributed by atoms with Crippen LogP contribution in [0.2, 0.25) is 0 Å². The standard InChI is InChI=1S/C10H8FN5/c1-2-6-3-7(11)4-8-10(6)12-5-9-13-14-15-16(8)9/h3-5H,2H2,1H3. The lowest BCUT2D eigenvalue weighted by molar-refractivity contribution is 0.626. The maximum absolute atomic E-state index is 13.4. The molecule has 0 radical (unpaired) electrons. The van der Waals surface area contributed by atoms with Crippen molar-refractivity contribution in [3.63, 3.8) is 0 Å². The third-order valence-corrected chi connectivity index (χ3v) is 2.55. The number of fused-ring (bicyclic) bond motifs is 3. The second kappa shape index (κ2) is 3.19. The van der Waals surface area contributed by atoms with E-state index >= 15 is 0 Å². The molecule has 0 saturated heterocycles.